The fourth-order valence-electron chi connectivity index (χ4n) is 2.51. The molecule has 8 heteroatoms. The molecule has 3 N–H and O–H groups in total. The Hall–Kier alpha value is -2.45. The number of benzene rings is 1. The molecule has 0 aliphatic heterocycles. The lowest BCUT2D eigenvalue weighted by atomic mass is 9.99. The van der Waals surface area contributed by atoms with Gasteiger partial charge in [0.15, 0.2) is 0 Å². The standard InChI is InChI=1S/C19H21F3N2O3/c1-11(10-25)15-7-6-14(9-23-15)12-2-4-13(5-3-12)17(26)16(8-20)24-19(27)18(21)22/h2-7,9,11,16-18,25-26H,8,10H2,1H3,(H,24,27)/t11-,16-,17-/m1/s1. The number of aliphatic hydroxyl groups is 2. The number of alkyl halides is 3. The summed E-state index contributed by atoms with van der Waals surface area (Å²) >= 11 is 0. The summed E-state index contributed by atoms with van der Waals surface area (Å²) in [6.07, 6.45) is -3.09. The van der Waals surface area contributed by atoms with Gasteiger partial charge in [-0.25, -0.2) is 4.39 Å². The van der Waals surface area contributed by atoms with Crippen molar-refractivity contribution < 1.29 is 28.2 Å². The summed E-state index contributed by atoms with van der Waals surface area (Å²) < 4.78 is 37.6. The molecule has 0 unspecified atom stereocenters. The van der Waals surface area contributed by atoms with E-state index in [1.165, 1.54) is 12.1 Å². The number of amides is 1. The summed E-state index contributed by atoms with van der Waals surface area (Å²) in [6, 6.07) is 8.59. The van der Waals surface area contributed by atoms with Gasteiger partial charge >= 0.3 is 6.43 Å². The lowest BCUT2D eigenvalue weighted by Gasteiger charge is -2.22. The molecule has 0 saturated heterocycles. The van der Waals surface area contributed by atoms with Crippen LogP contribution in [0.25, 0.3) is 11.1 Å². The summed E-state index contributed by atoms with van der Waals surface area (Å²) in [6.45, 7) is 0.666. The second-order valence-electron chi connectivity index (χ2n) is 6.19. The van der Waals surface area contributed by atoms with Crippen molar-refractivity contribution in [3.05, 3.63) is 53.9 Å². The highest BCUT2D eigenvalue weighted by molar-refractivity contribution is 5.79. The average Bonchev–Trinajstić information content (AvgIpc) is 2.70. The van der Waals surface area contributed by atoms with Crippen molar-refractivity contribution in [2.45, 2.75) is 31.4 Å². The average molecular weight is 382 g/mol. The molecule has 2 rings (SSSR count). The van der Waals surface area contributed by atoms with E-state index in [1.807, 2.05) is 13.0 Å². The number of nitrogens with one attached hydrogen (secondary N) is 1. The second kappa shape index (κ2) is 9.48. The number of rotatable bonds is 8. The van der Waals surface area contributed by atoms with Gasteiger partial charge in [-0.3, -0.25) is 9.78 Å². The lowest BCUT2D eigenvalue weighted by Crippen LogP contribution is -2.43. The molecular weight excluding hydrogens is 361 g/mol. The smallest absolute Gasteiger partial charge is 0.315 e. The van der Waals surface area contributed by atoms with Crippen molar-refractivity contribution in [3.8, 4) is 11.1 Å². The largest absolute Gasteiger partial charge is 0.396 e. The van der Waals surface area contributed by atoms with Crippen LogP contribution in [0.15, 0.2) is 42.6 Å². The van der Waals surface area contributed by atoms with Crippen LogP contribution in [-0.2, 0) is 4.79 Å². The third-order valence-electron chi connectivity index (χ3n) is 4.22. The molecule has 0 spiro atoms. The van der Waals surface area contributed by atoms with Crippen LogP contribution in [0.3, 0.4) is 0 Å². The molecule has 0 aliphatic carbocycles. The van der Waals surface area contributed by atoms with Crippen LogP contribution in [0.5, 0.6) is 0 Å². The number of hydrogen-bond donors (Lipinski definition) is 3. The zero-order chi connectivity index (χ0) is 20.0. The number of halogens is 3. The van der Waals surface area contributed by atoms with Crippen molar-refractivity contribution in [1.29, 1.82) is 0 Å². The Morgan fingerprint density at radius 3 is 2.26 bits per heavy atom. The molecule has 0 bridgehead atoms. The molecule has 0 fully saturated rings. The fraction of sp³-hybridized carbons (Fsp3) is 0.368. The van der Waals surface area contributed by atoms with Crippen LogP contribution in [0, 0.1) is 0 Å². The Kier molecular flexibility index (Phi) is 7.32. The highest BCUT2D eigenvalue weighted by Gasteiger charge is 2.26. The predicted octanol–water partition coefficient (Wildman–Crippen LogP) is 2.60. The molecule has 0 saturated carbocycles. The van der Waals surface area contributed by atoms with Crippen molar-refractivity contribution in [2.24, 2.45) is 0 Å². The Balaban J connectivity index is 2.12. The van der Waals surface area contributed by atoms with Gasteiger partial charge in [-0.2, -0.15) is 8.78 Å². The monoisotopic (exact) mass is 382 g/mol. The molecule has 27 heavy (non-hydrogen) atoms. The van der Waals surface area contributed by atoms with Crippen molar-refractivity contribution >= 4 is 5.91 Å². The van der Waals surface area contributed by atoms with E-state index >= 15 is 0 Å². The minimum atomic E-state index is -3.28. The molecule has 2 aromatic rings. The van der Waals surface area contributed by atoms with Gasteiger partial charge in [0.05, 0.1) is 12.6 Å². The Bertz CT molecular complexity index is 739. The molecule has 1 aromatic carbocycles. The third-order valence-corrected chi connectivity index (χ3v) is 4.22. The zero-order valence-corrected chi connectivity index (χ0v) is 14.6. The highest BCUT2D eigenvalue weighted by Crippen LogP contribution is 2.24. The van der Waals surface area contributed by atoms with E-state index in [0.717, 1.165) is 16.8 Å². The van der Waals surface area contributed by atoms with E-state index in [1.54, 1.807) is 29.7 Å². The molecule has 1 heterocycles. The number of hydrogen-bond acceptors (Lipinski definition) is 4. The minimum Gasteiger partial charge on any atom is -0.396 e. The first kappa shape index (κ1) is 20.9. The molecule has 1 amide bonds. The van der Waals surface area contributed by atoms with Gasteiger partial charge in [0.25, 0.3) is 5.91 Å². The number of carbonyl (C=O) groups excluding carboxylic acids is 1. The molecule has 146 valence electrons. The van der Waals surface area contributed by atoms with Crippen LogP contribution in [0.2, 0.25) is 0 Å². The van der Waals surface area contributed by atoms with E-state index in [9.17, 15) is 23.1 Å². The van der Waals surface area contributed by atoms with Crippen LogP contribution in [-0.4, -0.2) is 46.9 Å². The van der Waals surface area contributed by atoms with E-state index in [4.69, 9.17) is 5.11 Å². The van der Waals surface area contributed by atoms with Crippen LogP contribution in [0.4, 0.5) is 13.2 Å². The van der Waals surface area contributed by atoms with E-state index < -0.39 is 31.2 Å². The maximum Gasteiger partial charge on any atom is 0.315 e. The Morgan fingerprint density at radius 1 is 1.15 bits per heavy atom. The first-order valence-corrected chi connectivity index (χ1v) is 8.37. The Labute approximate surface area is 154 Å². The van der Waals surface area contributed by atoms with Gasteiger partial charge in [-0.05, 0) is 17.2 Å². The maximum atomic E-state index is 13.0. The quantitative estimate of drug-likeness (QED) is 0.656. The predicted molar refractivity (Wildman–Crippen MR) is 94.0 cm³/mol. The van der Waals surface area contributed by atoms with Crippen LogP contribution in [0.1, 0.15) is 30.2 Å². The second-order valence-corrected chi connectivity index (χ2v) is 6.19. The van der Waals surface area contributed by atoms with Crippen LogP contribution < -0.4 is 5.32 Å². The van der Waals surface area contributed by atoms with Gasteiger partial charge in [-0.15, -0.1) is 0 Å². The lowest BCUT2D eigenvalue weighted by molar-refractivity contribution is -0.133. The summed E-state index contributed by atoms with van der Waals surface area (Å²) in [4.78, 5) is 15.3. The minimum absolute atomic E-state index is 0.00321. The van der Waals surface area contributed by atoms with E-state index in [0.29, 0.717) is 0 Å². The van der Waals surface area contributed by atoms with Gasteiger partial charge in [0.2, 0.25) is 0 Å². The zero-order valence-electron chi connectivity index (χ0n) is 14.6. The first-order chi connectivity index (χ1) is 12.9. The topological polar surface area (TPSA) is 82.5 Å². The maximum absolute atomic E-state index is 13.0. The SMILES string of the molecule is C[C@H](CO)c1ccc(-c2ccc([C@@H](O)[C@@H](CF)NC(=O)C(F)F)cc2)cn1. The molecule has 3 atom stereocenters. The number of nitrogens with zero attached hydrogens (tertiary/aromatic N) is 1. The van der Waals surface area contributed by atoms with Gasteiger partial charge in [0.1, 0.15) is 12.8 Å². The van der Waals surface area contributed by atoms with Crippen molar-refractivity contribution in [3.63, 3.8) is 0 Å². The van der Waals surface area contributed by atoms with Crippen molar-refractivity contribution in [1.82, 2.24) is 10.3 Å². The van der Waals surface area contributed by atoms with Crippen molar-refractivity contribution in [2.75, 3.05) is 13.3 Å². The molecule has 1 aromatic heterocycles. The number of aromatic nitrogens is 1. The molecule has 0 radical (unpaired) electrons. The number of pyridine rings is 1. The molecule has 0 aliphatic rings. The van der Waals surface area contributed by atoms with Gasteiger partial charge in [0, 0.05) is 23.4 Å². The third kappa shape index (κ3) is 5.27. The molecular formula is C19H21F3N2O3. The summed E-state index contributed by atoms with van der Waals surface area (Å²) in [5.74, 6) is -1.70. The number of aliphatic hydroxyl groups excluding tert-OH is 2. The number of carbonyl (C=O) groups is 1. The first-order valence-electron chi connectivity index (χ1n) is 8.37. The van der Waals surface area contributed by atoms with Gasteiger partial charge in [-0.1, -0.05) is 37.3 Å². The van der Waals surface area contributed by atoms with Crippen LogP contribution >= 0.6 is 0 Å². The van der Waals surface area contributed by atoms with Gasteiger partial charge < -0.3 is 15.5 Å². The summed E-state index contributed by atoms with van der Waals surface area (Å²) in [5.41, 5.74) is 2.64. The summed E-state index contributed by atoms with van der Waals surface area (Å²) in [7, 11) is 0. The van der Waals surface area contributed by atoms with E-state index in [2.05, 4.69) is 4.98 Å². The normalized spacial score (nSPS) is 14.6. The fourth-order valence-corrected chi connectivity index (χ4v) is 2.51. The van der Waals surface area contributed by atoms with E-state index in [-0.39, 0.29) is 18.1 Å². The molecule has 5 nitrogen and oxygen atoms in total. The summed E-state index contributed by atoms with van der Waals surface area (Å²) in [5, 5.41) is 21.1. The highest BCUT2D eigenvalue weighted by atomic mass is 19.3. The Morgan fingerprint density at radius 2 is 1.78 bits per heavy atom.